The topological polar surface area (TPSA) is 73.0 Å². The van der Waals surface area contributed by atoms with Crippen LogP contribution < -0.4 is 5.32 Å². The predicted octanol–water partition coefficient (Wildman–Crippen LogP) is 3.57. The molecule has 0 fully saturated rings. The van der Waals surface area contributed by atoms with Crippen molar-refractivity contribution in [3.63, 3.8) is 0 Å². The van der Waals surface area contributed by atoms with Gasteiger partial charge in [-0.15, -0.1) is 0 Å². The van der Waals surface area contributed by atoms with Crippen molar-refractivity contribution < 1.29 is 4.92 Å². The van der Waals surface area contributed by atoms with Gasteiger partial charge in [-0.2, -0.15) is 5.10 Å². The molecule has 0 spiro atoms. The summed E-state index contributed by atoms with van der Waals surface area (Å²) in [5, 5.41) is 18.4. The Morgan fingerprint density at radius 3 is 2.55 bits per heavy atom. The van der Waals surface area contributed by atoms with Gasteiger partial charge < -0.3 is 5.32 Å². The second-order valence-electron chi connectivity index (χ2n) is 4.58. The Morgan fingerprint density at radius 1 is 1.40 bits per heavy atom. The average molecular weight is 339 g/mol. The van der Waals surface area contributed by atoms with Gasteiger partial charge in [-0.3, -0.25) is 10.1 Å². The van der Waals surface area contributed by atoms with Crippen molar-refractivity contribution in [1.29, 1.82) is 0 Å². The highest BCUT2D eigenvalue weighted by Crippen LogP contribution is 2.30. The molecular weight excluding hydrogens is 324 g/mol. The number of hydrogen-bond donors (Lipinski definition) is 1. The summed E-state index contributed by atoms with van der Waals surface area (Å²) in [6, 6.07) is 7.76. The van der Waals surface area contributed by atoms with Crippen LogP contribution in [0.15, 0.2) is 28.7 Å². The van der Waals surface area contributed by atoms with E-state index in [-0.39, 0.29) is 11.7 Å². The van der Waals surface area contributed by atoms with Gasteiger partial charge in [0.25, 0.3) is 0 Å². The van der Waals surface area contributed by atoms with Crippen molar-refractivity contribution in [2.24, 2.45) is 7.05 Å². The summed E-state index contributed by atoms with van der Waals surface area (Å²) >= 11 is 3.38. The van der Waals surface area contributed by atoms with Gasteiger partial charge in [0.05, 0.1) is 11.0 Å². The number of benzene rings is 1. The minimum Gasteiger partial charge on any atom is -0.358 e. The number of aryl methyl sites for hydroxylation is 2. The number of aromatic nitrogens is 2. The molecule has 1 atom stereocenters. The van der Waals surface area contributed by atoms with E-state index in [0.717, 1.165) is 10.0 Å². The Balaban J connectivity index is 2.30. The van der Waals surface area contributed by atoms with E-state index in [9.17, 15) is 10.1 Å². The lowest BCUT2D eigenvalue weighted by atomic mass is 10.1. The van der Waals surface area contributed by atoms with E-state index >= 15 is 0 Å². The molecule has 1 N–H and O–H groups in total. The van der Waals surface area contributed by atoms with E-state index in [1.807, 2.05) is 31.2 Å². The van der Waals surface area contributed by atoms with Crippen molar-refractivity contribution in [2.75, 3.05) is 5.32 Å². The summed E-state index contributed by atoms with van der Waals surface area (Å²) in [6.45, 7) is 3.59. The zero-order valence-corrected chi connectivity index (χ0v) is 13.0. The van der Waals surface area contributed by atoms with Gasteiger partial charge >= 0.3 is 5.69 Å². The molecular formula is C13H15BrN4O2. The molecule has 0 radical (unpaired) electrons. The number of hydrogen-bond acceptors (Lipinski definition) is 4. The molecule has 0 amide bonds. The SMILES string of the molecule is Cc1nn(C)c(NC(C)c2ccc(Br)cc2)c1[N+](=O)[O-]. The fraction of sp³-hybridized carbons (Fsp3) is 0.308. The van der Waals surface area contributed by atoms with Gasteiger partial charge in [-0.05, 0) is 31.5 Å². The molecule has 1 unspecified atom stereocenters. The first-order valence-corrected chi connectivity index (χ1v) is 6.89. The minimum atomic E-state index is -0.404. The smallest absolute Gasteiger partial charge is 0.333 e. The number of halogens is 1. The van der Waals surface area contributed by atoms with E-state index in [1.165, 1.54) is 4.68 Å². The van der Waals surface area contributed by atoms with Crippen LogP contribution in [0.1, 0.15) is 24.2 Å². The lowest BCUT2D eigenvalue weighted by molar-refractivity contribution is -0.384. The molecule has 6 nitrogen and oxygen atoms in total. The van der Waals surface area contributed by atoms with Gasteiger partial charge in [-0.25, -0.2) is 4.68 Å². The van der Waals surface area contributed by atoms with Crippen molar-refractivity contribution in [3.05, 3.63) is 50.1 Å². The maximum Gasteiger partial charge on any atom is 0.333 e. The first kappa shape index (κ1) is 14.5. The summed E-state index contributed by atoms with van der Waals surface area (Å²) in [7, 11) is 1.69. The van der Waals surface area contributed by atoms with Crippen LogP contribution in [0.3, 0.4) is 0 Å². The zero-order valence-electron chi connectivity index (χ0n) is 11.4. The van der Waals surface area contributed by atoms with Crippen LogP contribution in [-0.2, 0) is 7.05 Å². The normalized spacial score (nSPS) is 12.2. The lowest BCUT2D eigenvalue weighted by Crippen LogP contribution is -2.11. The second-order valence-corrected chi connectivity index (χ2v) is 5.50. The minimum absolute atomic E-state index is 0.0245. The summed E-state index contributed by atoms with van der Waals surface area (Å²) in [5.41, 5.74) is 1.47. The maximum absolute atomic E-state index is 11.1. The van der Waals surface area contributed by atoms with Crippen LogP contribution in [0.2, 0.25) is 0 Å². The zero-order chi connectivity index (χ0) is 14.9. The van der Waals surface area contributed by atoms with Crippen LogP contribution >= 0.6 is 15.9 Å². The number of nitro groups is 1. The molecule has 0 aliphatic heterocycles. The van der Waals surface area contributed by atoms with Crippen molar-refractivity contribution >= 4 is 27.4 Å². The number of rotatable bonds is 4. The highest BCUT2D eigenvalue weighted by Gasteiger charge is 2.25. The van der Waals surface area contributed by atoms with Crippen LogP contribution in [0.5, 0.6) is 0 Å². The molecule has 1 aromatic carbocycles. The first-order chi connectivity index (χ1) is 9.40. The molecule has 2 aromatic rings. The van der Waals surface area contributed by atoms with E-state index < -0.39 is 4.92 Å². The summed E-state index contributed by atoms with van der Waals surface area (Å²) < 4.78 is 2.50. The molecule has 1 aromatic heterocycles. The molecule has 1 heterocycles. The standard InChI is InChI=1S/C13H15BrN4O2/c1-8(10-4-6-11(14)7-5-10)15-13-12(18(19)20)9(2)16-17(13)3/h4-8,15H,1-3H3. The number of nitrogens with zero attached hydrogens (tertiary/aromatic N) is 3. The van der Waals surface area contributed by atoms with Crippen molar-refractivity contribution in [3.8, 4) is 0 Å². The van der Waals surface area contributed by atoms with Crippen LogP contribution in [0.25, 0.3) is 0 Å². The third kappa shape index (κ3) is 2.82. The molecule has 0 saturated heterocycles. The first-order valence-electron chi connectivity index (χ1n) is 6.10. The third-order valence-electron chi connectivity index (χ3n) is 3.10. The second kappa shape index (κ2) is 5.62. The third-order valence-corrected chi connectivity index (χ3v) is 3.63. The van der Waals surface area contributed by atoms with E-state index in [0.29, 0.717) is 11.5 Å². The molecule has 106 valence electrons. The highest BCUT2D eigenvalue weighted by atomic mass is 79.9. The molecule has 20 heavy (non-hydrogen) atoms. The van der Waals surface area contributed by atoms with E-state index in [1.54, 1.807) is 14.0 Å². The van der Waals surface area contributed by atoms with Gasteiger partial charge in [0.15, 0.2) is 0 Å². The van der Waals surface area contributed by atoms with E-state index in [4.69, 9.17) is 0 Å². The molecule has 0 aliphatic rings. The largest absolute Gasteiger partial charge is 0.358 e. The summed E-state index contributed by atoms with van der Waals surface area (Å²) in [4.78, 5) is 10.7. The lowest BCUT2D eigenvalue weighted by Gasteiger charge is -2.15. The van der Waals surface area contributed by atoms with Gasteiger partial charge in [0.2, 0.25) is 5.82 Å². The van der Waals surface area contributed by atoms with Crippen LogP contribution in [0.4, 0.5) is 11.5 Å². The molecule has 0 saturated carbocycles. The van der Waals surface area contributed by atoms with Gasteiger partial charge in [0, 0.05) is 11.5 Å². The Labute approximate surface area is 125 Å². The molecule has 0 bridgehead atoms. The highest BCUT2D eigenvalue weighted by molar-refractivity contribution is 9.10. The fourth-order valence-corrected chi connectivity index (χ4v) is 2.33. The maximum atomic E-state index is 11.1. The van der Waals surface area contributed by atoms with Gasteiger partial charge in [-0.1, -0.05) is 28.1 Å². The van der Waals surface area contributed by atoms with E-state index in [2.05, 4.69) is 26.3 Å². The Kier molecular flexibility index (Phi) is 4.08. The number of anilines is 1. The van der Waals surface area contributed by atoms with Crippen LogP contribution in [-0.4, -0.2) is 14.7 Å². The number of nitrogens with one attached hydrogen (secondary N) is 1. The van der Waals surface area contributed by atoms with Crippen molar-refractivity contribution in [1.82, 2.24) is 9.78 Å². The monoisotopic (exact) mass is 338 g/mol. The average Bonchev–Trinajstić information content (AvgIpc) is 2.64. The Morgan fingerprint density at radius 2 is 2.00 bits per heavy atom. The van der Waals surface area contributed by atoms with Crippen molar-refractivity contribution in [2.45, 2.75) is 19.9 Å². The quantitative estimate of drug-likeness (QED) is 0.683. The van der Waals surface area contributed by atoms with Crippen LogP contribution in [0, 0.1) is 17.0 Å². The Bertz CT molecular complexity index is 637. The summed E-state index contributed by atoms with van der Waals surface area (Å²) in [6.07, 6.45) is 0. The molecule has 2 rings (SSSR count). The molecule has 0 aliphatic carbocycles. The Hall–Kier alpha value is -1.89. The molecule has 7 heteroatoms. The predicted molar refractivity (Wildman–Crippen MR) is 80.8 cm³/mol. The fourth-order valence-electron chi connectivity index (χ4n) is 2.07. The van der Waals surface area contributed by atoms with Gasteiger partial charge in [0.1, 0.15) is 5.69 Å². The summed E-state index contributed by atoms with van der Waals surface area (Å²) in [5.74, 6) is 0.419.